The number of benzene rings is 2. The highest BCUT2D eigenvalue weighted by Gasteiger charge is 2.19. The number of rotatable bonds is 6. The quantitative estimate of drug-likeness (QED) is 0.478. The molecular weight excluding hydrogens is 406 g/mol. The van der Waals surface area contributed by atoms with Gasteiger partial charge in [-0.2, -0.15) is 10.1 Å². The molecule has 6 nitrogen and oxygen atoms in total. The van der Waals surface area contributed by atoms with Gasteiger partial charge in [-0.3, -0.25) is 4.79 Å². The second kappa shape index (κ2) is 8.51. The van der Waals surface area contributed by atoms with E-state index in [9.17, 15) is 4.79 Å². The molecule has 160 valence electrons. The van der Waals surface area contributed by atoms with Crippen LogP contribution >= 0.6 is 11.3 Å². The third-order valence-electron chi connectivity index (χ3n) is 5.32. The van der Waals surface area contributed by atoms with Crippen molar-refractivity contribution in [1.29, 1.82) is 0 Å². The topological polar surface area (TPSA) is 63.1 Å². The zero-order valence-corrected chi connectivity index (χ0v) is 19.3. The van der Waals surface area contributed by atoms with Gasteiger partial charge in [-0.05, 0) is 45.4 Å². The number of carbonyl (C=O) groups is 1. The Morgan fingerprint density at radius 2 is 1.68 bits per heavy atom. The first-order valence-electron chi connectivity index (χ1n) is 10.3. The van der Waals surface area contributed by atoms with Gasteiger partial charge in [0.1, 0.15) is 0 Å². The molecule has 0 saturated heterocycles. The van der Waals surface area contributed by atoms with Crippen molar-refractivity contribution >= 4 is 32.7 Å². The van der Waals surface area contributed by atoms with Crippen molar-refractivity contribution in [2.24, 2.45) is 0 Å². The molecule has 0 radical (unpaired) electrons. The maximum Gasteiger partial charge on any atom is 0.240 e. The Morgan fingerprint density at radius 3 is 2.32 bits per heavy atom. The fraction of sp³-hybridized carbons (Fsp3) is 0.292. The summed E-state index contributed by atoms with van der Waals surface area (Å²) in [5, 5.41) is 8.53. The molecule has 2 aromatic heterocycles. The third-order valence-corrected chi connectivity index (χ3v) is 6.59. The highest BCUT2D eigenvalue weighted by atomic mass is 32.1. The summed E-state index contributed by atoms with van der Waals surface area (Å²) in [6.45, 7) is 8.35. The van der Waals surface area contributed by atoms with Crippen LogP contribution in [0, 0.1) is 20.8 Å². The van der Waals surface area contributed by atoms with Crippen LogP contribution in [-0.2, 0) is 4.79 Å². The number of aromatic nitrogens is 3. The molecule has 1 atom stereocenters. The summed E-state index contributed by atoms with van der Waals surface area (Å²) in [7, 11) is 1.90. The van der Waals surface area contributed by atoms with E-state index in [1.165, 1.54) is 11.1 Å². The van der Waals surface area contributed by atoms with Gasteiger partial charge < -0.3 is 10.2 Å². The summed E-state index contributed by atoms with van der Waals surface area (Å²) in [5.74, 6) is -0.0354. The van der Waals surface area contributed by atoms with Crippen LogP contribution in [0.4, 0.5) is 5.13 Å². The first kappa shape index (κ1) is 21.1. The average molecular weight is 434 g/mol. The first-order chi connectivity index (χ1) is 14.8. The predicted molar refractivity (Wildman–Crippen MR) is 127 cm³/mol. The van der Waals surface area contributed by atoms with E-state index < -0.39 is 0 Å². The highest BCUT2D eigenvalue weighted by Crippen LogP contribution is 2.32. The van der Waals surface area contributed by atoms with Crippen molar-refractivity contribution in [3.8, 4) is 5.69 Å². The Hall–Kier alpha value is -3.19. The molecule has 0 spiro atoms. The molecular formula is C24H27N5OS. The molecule has 4 aromatic rings. The van der Waals surface area contributed by atoms with E-state index in [0.29, 0.717) is 0 Å². The maximum absolute atomic E-state index is 12.6. The Labute approximate surface area is 186 Å². The van der Waals surface area contributed by atoms with Crippen molar-refractivity contribution in [2.75, 3.05) is 18.5 Å². The van der Waals surface area contributed by atoms with Gasteiger partial charge in [0.25, 0.3) is 0 Å². The largest absolute Gasteiger partial charge is 0.348 e. The maximum atomic E-state index is 12.6. The normalized spacial score (nSPS) is 12.2. The number of anilines is 1. The van der Waals surface area contributed by atoms with Crippen molar-refractivity contribution in [3.63, 3.8) is 0 Å². The van der Waals surface area contributed by atoms with Crippen LogP contribution in [0.3, 0.4) is 0 Å². The number of nitrogens with one attached hydrogen (secondary N) is 1. The summed E-state index contributed by atoms with van der Waals surface area (Å²) >= 11 is 1.56. The van der Waals surface area contributed by atoms with Crippen molar-refractivity contribution in [2.45, 2.75) is 33.7 Å². The molecule has 0 aliphatic rings. The molecule has 0 bridgehead atoms. The van der Waals surface area contributed by atoms with Gasteiger partial charge in [0.15, 0.2) is 10.8 Å². The number of hydrogen-bond donors (Lipinski definition) is 1. The summed E-state index contributed by atoms with van der Waals surface area (Å²) in [6, 6.07) is 16.4. The summed E-state index contributed by atoms with van der Waals surface area (Å²) in [4.78, 5) is 19.3. The Bertz CT molecular complexity index is 1210. The van der Waals surface area contributed by atoms with Gasteiger partial charge in [0.2, 0.25) is 5.91 Å². The van der Waals surface area contributed by atoms with E-state index in [1.54, 1.807) is 11.3 Å². The zero-order valence-electron chi connectivity index (χ0n) is 18.5. The lowest BCUT2D eigenvalue weighted by Gasteiger charge is -2.19. The number of fused-ring (bicyclic) bond motifs is 1. The number of thiazole rings is 1. The fourth-order valence-corrected chi connectivity index (χ4v) is 4.41. The van der Waals surface area contributed by atoms with Crippen LogP contribution in [0.25, 0.3) is 16.0 Å². The minimum atomic E-state index is -0.0470. The van der Waals surface area contributed by atoms with Crippen molar-refractivity contribution < 1.29 is 4.79 Å². The van der Waals surface area contributed by atoms with Gasteiger partial charge >= 0.3 is 0 Å². The predicted octanol–water partition coefficient (Wildman–Crippen LogP) is 4.72. The standard InChI is InChI=1S/C24H27N5OS/c1-15-6-10-19(11-7-15)17(3)25-21(30)14-28(5)24-26-23-22(31-24)18(4)27-29(23)20-12-8-16(2)9-13-20/h6-13,17H,14H2,1-5H3,(H,25,30). The molecule has 0 aliphatic carbocycles. The van der Waals surface area contributed by atoms with E-state index in [4.69, 9.17) is 4.98 Å². The van der Waals surface area contributed by atoms with E-state index >= 15 is 0 Å². The number of amides is 1. The van der Waals surface area contributed by atoms with Crippen molar-refractivity contribution in [1.82, 2.24) is 20.1 Å². The molecule has 2 heterocycles. The second-order valence-electron chi connectivity index (χ2n) is 8.04. The van der Waals surface area contributed by atoms with Crippen LogP contribution < -0.4 is 10.2 Å². The van der Waals surface area contributed by atoms with Gasteiger partial charge in [-0.15, -0.1) is 0 Å². The number of likely N-dealkylation sites (N-methyl/N-ethyl adjacent to an activating group) is 1. The fourth-order valence-electron chi connectivity index (χ4n) is 3.46. The van der Waals surface area contributed by atoms with Gasteiger partial charge in [0.05, 0.1) is 28.7 Å². The number of nitrogens with zero attached hydrogens (tertiary/aromatic N) is 4. The lowest BCUT2D eigenvalue weighted by atomic mass is 10.1. The van der Waals surface area contributed by atoms with Gasteiger partial charge in [-0.25, -0.2) is 4.68 Å². The van der Waals surface area contributed by atoms with Crippen LogP contribution in [0.5, 0.6) is 0 Å². The van der Waals surface area contributed by atoms with Gasteiger partial charge in [0, 0.05) is 7.05 Å². The molecule has 1 N–H and O–H groups in total. The van der Waals surface area contributed by atoms with Gasteiger partial charge in [-0.1, -0.05) is 58.9 Å². The molecule has 4 rings (SSSR count). The Kier molecular flexibility index (Phi) is 5.78. The minimum Gasteiger partial charge on any atom is -0.348 e. The van der Waals surface area contributed by atoms with Crippen LogP contribution in [0.1, 0.15) is 35.3 Å². The Morgan fingerprint density at radius 1 is 1.06 bits per heavy atom. The van der Waals surface area contributed by atoms with E-state index in [2.05, 4.69) is 60.7 Å². The number of aryl methyl sites for hydroxylation is 3. The third kappa shape index (κ3) is 4.46. The van der Waals surface area contributed by atoms with Crippen molar-refractivity contribution in [3.05, 3.63) is 70.9 Å². The molecule has 1 unspecified atom stereocenters. The summed E-state index contributed by atoms with van der Waals surface area (Å²) in [5.41, 5.74) is 6.24. The number of carbonyl (C=O) groups excluding carboxylic acids is 1. The minimum absolute atomic E-state index is 0.0354. The van der Waals surface area contributed by atoms with E-state index in [-0.39, 0.29) is 18.5 Å². The summed E-state index contributed by atoms with van der Waals surface area (Å²) < 4.78 is 2.91. The number of hydrogen-bond acceptors (Lipinski definition) is 5. The monoisotopic (exact) mass is 433 g/mol. The molecule has 2 aromatic carbocycles. The molecule has 31 heavy (non-hydrogen) atoms. The SMILES string of the molecule is Cc1ccc(C(C)NC(=O)CN(C)c2nc3c(s2)c(C)nn3-c2ccc(C)cc2)cc1. The highest BCUT2D eigenvalue weighted by molar-refractivity contribution is 7.22. The van der Waals surface area contributed by atoms with Crippen LogP contribution in [0.15, 0.2) is 48.5 Å². The molecule has 0 saturated carbocycles. The Balaban J connectivity index is 1.49. The smallest absolute Gasteiger partial charge is 0.240 e. The molecule has 0 fully saturated rings. The zero-order chi connectivity index (χ0) is 22.1. The molecule has 1 amide bonds. The summed E-state index contributed by atoms with van der Waals surface area (Å²) in [6.07, 6.45) is 0. The van der Waals surface area contributed by atoms with E-state index in [0.717, 1.165) is 32.4 Å². The first-order valence-corrected chi connectivity index (χ1v) is 11.1. The van der Waals surface area contributed by atoms with Crippen LogP contribution in [0.2, 0.25) is 0 Å². The average Bonchev–Trinajstić information content (AvgIpc) is 3.30. The lowest BCUT2D eigenvalue weighted by Crippen LogP contribution is -2.36. The van der Waals surface area contributed by atoms with Crippen LogP contribution in [-0.4, -0.2) is 34.3 Å². The lowest BCUT2D eigenvalue weighted by molar-refractivity contribution is -0.120. The molecule has 7 heteroatoms. The molecule has 0 aliphatic heterocycles. The van der Waals surface area contributed by atoms with E-state index in [1.807, 2.05) is 42.6 Å². The second-order valence-corrected chi connectivity index (χ2v) is 9.02.